The lowest BCUT2D eigenvalue weighted by atomic mass is 9.90. The number of fused-ring (bicyclic) bond motifs is 3. The van der Waals surface area contributed by atoms with Crippen LogP contribution < -0.4 is 5.56 Å². The van der Waals surface area contributed by atoms with E-state index in [4.69, 9.17) is 5.10 Å². The van der Waals surface area contributed by atoms with E-state index < -0.39 is 0 Å². The maximum Gasteiger partial charge on any atom is 0.253 e. The Kier molecular flexibility index (Phi) is 4.21. The van der Waals surface area contributed by atoms with Crippen molar-refractivity contribution in [3.8, 4) is 0 Å². The van der Waals surface area contributed by atoms with Crippen molar-refractivity contribution in [3.05, 3.63) is 27.2 Å². The molecule has 4 rings (SSSR count). The Morgan fingerprint density at radius 3 is 2.58 bits per heavy atom. The van der Waals surface area contributed by atoms with Crippen molar-refractivity contribution < 1.29 is 0 Å². The van der Waals surface area contributed by atoms with Crippen LogP contribution in [0.3, 0.4) is 0 Å². The number of rotatable bonds is 3. The highest BCUT2D eigenvalue weighted by atomic mass is 16.1. The standard InChI is InChI=1S/C19H28N4O/c1-22(13-8-4-3-5-9-13)12-16-17-14-10-6-7-11-15(14)19(24)20-18(17)23(2)21-16/h13H,3-12H2,1-2H3,(H,20,24). The third-order valence-corrected chi connectivity index (χ3v) is 5.99. The van der Waals surface area contributed by atoms with E-state index in [1.807, 2.05) is 11.7 Å². The maximum absolute atomic E-state index is 12.4. The van der Waals surface area contributed by atoms with E-state index in [1.54, 1.807) is 0 Å². The molecule has 5 heteroatoms. The van der Waals surface area contributed by atoms with Gasteiger partial charge in [0.05, 0.1) is 5.69 Å². The number of aromatic nitrogens is 3. The molecule has 0 aromatic carbocycles. The van der Waals surface area contributed by atoms with Gasteiger partial charge in [0.15, 0.2) is 0 Å². The van der Waals surface area contributed by atoms with Crippen molar-refractivity contribution in [3.63, 3.8) is 0 Å². The molecule has 2 aliphatic rings. The molecule has 0 spiro atoms. The van der Waals surface area contributed by atoms with Crippen molar-refractivity contribution in [2.24, 2.45) is 7.05 Å². The first-order valence-electron chi connectivity index (χ1n) is 9.45. The van der Waals surface area contributed by atoms with Gasteiger partial charge in [-0.05, 0) is 51.1 Å². The lowest BCUT2D eigenvalue weighted by Gasteiger charge is -2.30. The molecule has 130 valence electrons. The van der Waals surface area contributed by atoms with Crippen LogP contribution in [0.4, 0.5) is 0 Å². The minimum atomic E-state index is 0.0902. The Hall–Kier alpha value is -1.62. The molecule has 2 heterocycles. The van der Waals surface area contributed by atoms with Gasteiger partial charge in [0.25, 0.3) is 5.56 Å². The van der Waals surface area contributed by atoms with Gasteiger partial charge in [-0.2, -0.15) is 5.10 Å². The summed E-state index contributed by atoms with van der Waals surface area (Å²) in [6.45, 7) is 0.875. The largest absolute Gasteiger partial charge is 0.307 e. The number of hydrogen-bond acceptors (Lipinski definition) is 3. The van der Waals surface area contributed by atoms with E-state index in [0.717, 1.165) is 42.7 Å². The third-order valence-electron chi connectivity index (χ3n) is 5.99. The first kappa shape index (κ1) is 15.9. The van der Waals surface area contributed by atoms with Crippen molar-refractivity contribution in [1.82, 2.24) is 19.7 Å². The number of pyridine rings is 1. The van der Waals surface area contributed by atoms with Crippen molar-refractivity contribution in [2.45, 2.75) is 70.4 Å². The number of hydrogen-bond donors (Lipinski definition) is 1. The van der Waals surface area contributed by atoms with Gasteiger partial charge in [-0.25, -0.2) is 0 Å². The Balaban J connectivity index is 1.74. The number of nitrogens with zero attached hydrogens (tertiary/aromatic N) is 3. The van der Waals surface area contributed by atoms with Crippen molar-refractivity contribution in [1.29, 1.82) is 0 Å². The summed E-state index contributed by atoms with van der Waals surface area (Å²) >= 11 is 0. The smallest absolute Gasteiger partial charge is 0.253 e. The molecule has 0 amide bonds. The summed E-state index contributed by atoms with van der Waals surface area (Å²) in [7, 11) is 4.17. The third kappa shape index (κ3) is 2.69. The molecule has 0 radical (unpaired) electrons. The number of aromatic amines is 1. The monoisotopic (exact) mass is 328 g/mol. The molecule has 1 fully saturated rings. The van der Waals surface area contributed by atoms with Gasteiger partial charge in [-0.1, -0.05) is 19.3 Å². The first-order valence-corrected chi connectivity index (χ1v) is 9.45. The summed E-state index contributed by atoms with van der Waals surface area (Å²) in [5.74, 6) is 0. The summed E-state index contributed by atoms with van der Waals surface area (Å²) < 4.78 is 1.86. The van der Waals surface area contributed by atoms with E-state index in [1.165, 1.54) is 49.5 Å². The Morgan fingerprint density at radius 2 is 1.83 bits per heavy atom. The Labute approximate surface area is 143 Å². The second kappa shape index (κ2) is 6.36. The fraction of sp³-hybridized carbons (Fsp3) is 0.684. The van der Waals surface area contributed by atoms with Crippen LogP contribution in [0.15, 0.2) is 4.79 Å². The van der Waals surface area contributed by atoms with Gasteiger partial charge in [-0.3, -0.25) is 14.4 Å². The molecule has 24 heavy (non-hydrogen) atoms. The van der Waals surface area contributed by atoms with E-state index in [0.29, 0.717) is 6.04 Å². The van der Waals surface area contributed by atoms with E-state index in [9.17, 15) is 4.79 Å². The SMILES string of the molecule is CN(Cc1nn(C)c2[nH]c(=O)c3c(c12)CCCC3)C1CCCCC1. The van der Waals surface area contributed by atoms with Gasteiger partial charge in [0.1, 0.15) is 5.65 Å². The first-order chi connectivity index (χ1) is 11.6. The molecule has 0 atom stereocenters. The fourth-order valence-electron chi connectivity index (χ4n) is 4.65. The number of aryl methyl sites for hydroxylation is 2. The summed E-state index contributed by atoms with van der Waals surface area (Å²) in [5, 5.41) is 6.00. The van der Waals surface area contributed by atoms with Crippen LogP contribution >= 0.6 is 0 Å². The summed E-state index contributed by atoms with van der Waals surface area (Å²) in [5.41, 5.74) is 4.39. The van der Waals surface area contributed by atoms with E-state index >= 15 is 0 Å². The average Bonchev–Trinajstić information content (AvgIpc) is 2.91. The molecular formula is C19H28N4O. The highest BCUT2D eigenvalue weighted by molar-refractivity contribution is 5.83. The molecule has 0 aliphatic heterocycles. The normalized spacial score (nSPS) is 19.1. The highest BCUT2D eigenvalue weighted by Crippen LogP contribution is 2.29. The maximum atomic E-state index is 12.4. The summed E-state index contributed by atoms with van der Waals surface area (Å²) in [6, 6.07) is 0.675. The molecule has 2 aromatic rings. The predicted molar refractivity (Wildman–Crippen MR) is 96.3 cm³/mol. The highest BCUT2D eigenvalue weighted by Gasteiger charge is 2.24. The van der Waals surface area contributed by atoms with Crippen LogP contribution in [-0.4, -0.2) is 32.8 Å². The van der Waals surface area contributed by atoms with Crippen LogP contribution in [0.1, 0.15) is 61.8 Å². The second-order valence-electron chi connectivity index (χ2n) is 7.62. The van der Waals surface area contributed by atoms with Gasteiger partial charge >= 0.3 is 0 Å². The van der Waals surface area contributed by atoms with Gasteiger partial charge in [0.2, 0.25) is 0 Å². The summed E-state index contributed by atoms with van der Waals surface area (Å²) in [6.07, 6.45) is 10.9. The van der Waals surface area contributed by atoms with Crippen molar-refractivity contribution in [2.75, 3.05) is 7.05 Å². The van der Waals surface area contributed by atoms with Gasteiger partial charge in [0, 0.05) is 30.6 Å². The lowest BCUT2D eigenvalue weighted by molar-refractivity contribution is 0.183. The van der Waals surface area contributed by atoms with E-state index in [2.05, 4.69) is 16.9 Å². The zero-order valence-electron chi connectivity index (χ0n) is 14.9. The van der Waals surface area contributed by atoms with Crippen LogP contribution in [0, 0.1) is 0 Å². The molecule has 0 unspecified atom stereocenters. The van der Waals surface area contributed by atoms with Crippen molar-refractivity contribution >= 4 is 11.0 Å². The topological polar surface area (TPSA) is 53.9 Å². The van der Waals surface area contributed by atoms with Crippen LogP contribution in [0.2, 0.25) is 0 Å². The quantitative estimate of drug-likeness (QED) is 0.942. The molecule has 1 saturated carbocycles. The molecule has 2 aliphatic carbocycles. The minimum Gasteiger partial charge on any atom is -0.307 e. The molecule has 1 N–H and O–H groups in total. The zero-order chi connectivity index (χ0) is 16.7. The van der Waals surface area contributed by atoms with Crippen LogP contribution in [-0.2, 0) is 26.4 Å². The molecule has 0 saturated heterocycles. The Morgan fingerprint density at radius 1 is 1.12 bits per heavy atom. The zero-order valence-corrected chi connectivity index (χ0v) is 14.9. The average molecular weight is 328 g/mol. The molecule has 5 nitrogen and oxygen atoms in total. The molecular weight excluding hydrogens is 300 g/mol. The Bertz CT molecular complexity index is 798. The van der Waals surface area contributed by atoms with Gasteiger partial charge < -0.3 is 4.98 Å². The second-order valence-corrected chi connectivity index (χ2v) is 7.62. The fourth-order valence-corrected chi connectivity index (χ4v) is 4.65. The van der Waals surface area contributed by atoms with Crippen LogP contribution in [0.25, 0.3) is 11.0 Å². The number of nitrogens with one attached hydrogen (secondary N) is 1. The lowest BCUT2D eigenvalue weighted by Crippen LogP contribution is -2.33. The molecule has 0 bridgehead atoms. The predicted octanol–water partition coefficient (Wildman–Crippen LogP) is 2.90. The minimum absolute atomic E-state index is 0.0902. The molecule has 2 aromatic heterocycles. The van der Waals surface area contributed by atoms with Crippen LogP contribution in [0.5, 0.6) is 0 Å². The number of H-pyrrole nitrogens is 1. The van der Waals surface area contributed by atoms with Gasteiger partial charge in [-0.15, -0.1) is 0 Å². The summed E-state index contributed by atoms with van der Waals surface area (Å²) in [4.78, 5) is 18.0. The van der Waals surface area contributed by atoms with E-state index in [-0.39, 0.29) is 5.56 Å².